The van der Waals surface area contributed by atoms with Gasteiger partial charge >= 0.3 is 0 Å². The maximum absolute atomic E-state index is 11.6. The zero-order valence-electron chi connectivity index (χ0n) is 10.7. The van der Waals surface area contributed by atoms with Crippen LogP contribution in [0.15, 0.2) is 6.20 Å². The van der Waals surface area contributed by atoms with Gasteiger partial charge in [0, 0.05) is 19.3 Å². The summed E-state index contributed by atoms with van der Waals surface area (Å²) in [4.78, 5) is 11.6. The number of hydrogen-bond acceptors (Lipinski definition) is 4. The fraction of sp³-hybridized carbons (Fsp3) is 0.455. The SMILES string of the molecule is Cc1nn(C)c(C)c1CCNC(=O)c1cn[nH]n1. The number of hydrogen-bond donors (Lipinski definition) is 2. The van der Waals surface area contributed by atoms with Gasteiger partial charge in [0.25, 0.3) is 5.91 Å². The average molecular weight is 248 g/mol. The van der Waals surface area contributed by atoms with E-state index in [1.807, 2.05) is 25.6 Å². The van der Waals surface area contributed by atoms with Gasteiger partial charge in [-0.05, 0) is 25.8 Å². The molecule has 0 fully saturated rings. The van der Waals surface area contributed by atoms with Crippen LogP contribution in [0.1, 0.15) is 27.4 Å². The molecule has 0 radical (unpaired) electrons. The van der Waals surface area contributed by atoms with Crippen LogP contribution in [-0.4, -0.2) is 37.6 Å². The summed E-state index contributed by atoms with van der Waals surface area (Å²) >= 11 is 0. The molecule has 7 heteroatoms. The van der Waals surface area contributed by atoms with Crippen molar-refractivity contribution in [2.24, 2.45) is 7.05 Å². The van der Waals surface area contributed by atoms with Crippen molar-refractivity contribution in [2.45, 2.75) is 20.3 Å². The smallest absolute Gasteiger partial charge is 0.273 e. The van der Waals surface area contributed by atoms with Crippen LogP contribution in [0.3, 0.4) is 0 Å². The molecule has 0 unspecified atom stereocenters. The molecule has 0 aliphatic heterocycles. The molecule has 0 saturated carbocycles. The number of aromatic nitrogens is 5. The molecule has 7 nitrogen and oxygen atoms in total. The predicted molar refractivity (Wildman–Crippen MR) is 65.1 cm³/mol. The molecule has 1 amide bonds. The number of H-pyrrole nitrogens is 1. The Morgan fingerprint density at radius 3 is 2.83 bits per heavy atom. The Morgan fingerprint density at radius 1 is 1.50 bits per heavy atom. The maximum Gasteiger partial charge on any atom is 0.273 e. The van der Waals surface area contributed by atoms with Crippen molar-refractivity contribution in [2.75, 3.05) is 6.54 Å². The van der Waals surface area contributed by atoms with Gasteiger partial charge in [-0.2, -0.15) is 20.5 Å². The normalized spacial score (nSPS) is 10.6. The monoisotopic (exact) mass is 248 g/mol. The summed E-state index contributed by atoms with van der Waals surface area (Å²) in [5, 5.41) is 16.8. The molecule has 2 rings (SSSR count). The summed E-state index contributed by atoms with van der Waals surface area (Å²) in [7, 11) is 1.92. The first kappa shape index (κ1) is 12.3. The third-order valence-corrected chi connectivity index (χ3v) is 2.97. The number of aryl methyl sites for hydroxylation is 2. The fourth-order valence-corrected chi connectivity index (χ4v) is 1.88. The van der Waals surface area contributed by atoms with Crippen molar-refractivity contribution in [1.82, 2.24) is 30.5 Å². The summed E-state index contributed by atoms with van der Waals surface area (Å²) in [6, 6.07) is 0. The van der Waals surface area contributed by atoms with E-state index in [1.165, 1.54) is 11.8 Å². The average Bonchev–Trinajstić information content (AvgIpc) is 2.93. The first-order chi connectivity index (χ1) is 8.59. The minimum Gasteiger partial charge on any atom is -0.350 e. The van der Waals surface area contributed by atoms with E-state index in [0.29, 0.717) is 12.2 Å². The Balaban J connectivity index is 1.91. The van der Waals surface area contributed by atoms with Crippen LogP contribution in [0.4, 0.5) is 0 Å². The summed E-state index contributed by atoms with van der Waals surface area (Å²) in [6.45, 7) is 4.55. The summed E-state index contributed by atoms with van der Waals surface area (Å²) < 4.78 is 1.85. The molecule has 96 valence electrons. The molecule has 0 saturated heterocycles. The highest BCUT2D eigenvalue weighted by Crippen LogP contribution is 2.11. The molecule has 0 aromatic carbocycles. The van der Waals surface area contributed by atoms with Gasteiger partial charge in [-0.15, -0.1) is 0 Å². The Hall–Kier alpha value is -2.18. The molecule has 2 aromatic heterocycles. The van der Waals surface area contributed by atoms with Crippen LogP contribution >= 0.6 is 0 Å². The van der Waals surface area contributed by atoms with Crippen molar-refractivity contribution in [3.8, 4) is 0 Å². The van der Waals surface area contributed by atoms with Crippen molar-refractivity contribution in [3.63, 3.8) is 0 Å². The quantitative estimate of drug-likeness (QED) is 0.804. The number of nitrogens with zero attached hydrogens (tertiary/aromatic N) is 4. The largest absolute Gasteiger partial charge is 0.350 e. The van der Waals surface area contributed by atoms with Crippen LogP contribution in [0.5, 0.6) is 0 Å². The van der Waals surface area contributed by atoms with Gasteiger partial charge in [0.1, 0.15) is 0 Å². The van der Waals surface area contributed by atoms with Crippen LogP contribution in [0.25, 0.3) is 0 Å². The van der Waals surface area contributed by atoms with E-state index in [2.05, 4.69) is 25.8 Å². The van der Waals surface area contributed by atoms with E-state index < -0.39 is 0 Å². The molecule has 2 heterocycles. The summed E-state index contributed by atoms with van der Waals surface area (Å²) in [5.74, 6) is -0.219. The molecule has 18 heavy (non-hydrogen) atoms. The van der Waals surface area contributed by atoms with Crippen LogP contribution in [0, 0.1) is 13.8 Å². The molecule has 2 N–H and O–H groups in total. The second-order valence-corrected chi connectivity index (χ2v) is 4.13. The maximum atomic E-state index is 11.6. The Kier molecular flexibility index (Phi) is 3.40. The lowest BCUT2D eigenvalue weighted by atomic mass is 10.1. The van der Waals surface area contributed by atoms with Crippen molar-refractivity contribution in [3.05, 3.63) is 28.8 Å². The molecule has 0 spiro atoms. The van der Waals surface area contributed by atoms with Crippen molar-refractivity contribution >= 4 is 5.91 Å². The zero-order chi connectivity index (χ0) is 13.1. The van der Waals surface area contributed by atoms with Gasteiger partial charge < -0.3 is 5.32 Å². The molecule has 0 aliphatic rings. The molecular weight excluding hydrogens is 232 g/mol. The number of rotatable bonds is 4. The van der Waals surface area contributed by atoms with Gasteiger partial charge in [0.15, 0.2) is 5.69 Å². The van der Waals surface area contributed by atoms with Gasteiger partial charge in [0.05, 0.1) is 11.9 Å². The molecule has 2 aromatic rings. The highest BCUT2D eigenvalue weighted by molar-refractivity contribution is 5.91. The number of carbonyl (C=O) groups excluding carboxylic acids is 1. The Bertz CT molecular complexity index is 542. The number of amides is 1. The molecular formula is C11H16N6O. The Morgan fingerprint density at radius 2 is 2.28 bits per heavy atom. The second kappa shape index (κ2) is 4.99. The lowest BCUT2D eigenvalue weighted by molar-refractivity contribution is 0.0949. The van der Waals surface area contributed by atoms with Gasteiger partial charge in [-0.25, -0.2) is 0 Å². The number of aromatic amines is 1. The highest BCUT2D eigenvalue weighted by atomic mass is 16.1. The van der Waals surface area contributed by atoms with Crippen LogP contribution in [0.2, 0.25) is 0 Å². The topological polar surface area (TPSA) is 88.5 Å². The minimum absolute atomic E-state index is 0.219. The first-order valence-corrected chi connectivity index (χ1v) is 5.72. The first-order valence-electron chi connectivity index (χ1n) is 5.72. The fourth-order valence-electron chi connectivity index (χ4n) is 1.88. The van der Waals surface area contributed by atoms with Gasteiger partial charge in [-0.1, -0.05) is 0 Å². The molecule has 0 atom stereocenters. The van der Waals surface area contributed by atoms with Crippen LogP contribution < -0.4 is 5.32 Å². The lowest BCUT2D eigenvalue weighted by Gasteiger charge is -2.03. The number of nitrogens with one attached hydrogen (secondary N) is 2. The highest BCUT2D eigenvalue weighted by Gasteiger charge is 2.11. The third-order valence-electron chi connectivity index (χ3n) is 2.97. The van der Waals surface area contributed by atoms with E-state index in [-0.39, 0.29) is 5.91 Å². The zero-order valence-corrected chi connectivity index (χ0v) is 10.7. The molecule has 0 aliphatic carbocycles. The van der Waals surface area contributed by atoms with Gasteiger partial charge in [-0.3, -0.25) is 9.48 Å². The Labute approximate surface area is 105 Å². The van der Waals surface area contributed by atoms with E-state index >= 15 is 0 Å². The lowest BCUT2D eigenvalue weighted by Crippen LogP contribution is -2.26. The predicted octanol–water partition coefficient (Wildman–Crippen LogP) is 0.128. The van der Waals surface area contributed by atoms with Crippen molar-refractivity contribution < 1.29 is 4.79 Å². The molecule has 0 bridgehead atoms. The van der Waals surface area contributed by atoms with Crippen molar-refractivity contribution in [1.29, 1.82) is 0 Å². The third kappa shape index (κ3) is 2.39. The standard InChI is InChI=1S/C11H16N6O/c1-7-9(8(2)17(3)15-7)4-5-12-11(18)10-6-13-16-14-10/h6H,4-5H2,1-3H3,(H,12,18)(H,13,14,16). The summed E-state index contributed by atoms with van der Waals surface area (Å²) in [6.07, 6.45) is 2.16. The minimum atomic E-state index is -0.219. The summed E-state index contributed by atoms with van der Waals surface area (Å²) in [5.41, 5.74) is 3.61. The van der Waals surface area contributed by atoms with E-state index in [9.17, 15) is 4.79 Å². The van der Waals surface area contributed by atoms with E-state index in [4.69, 9.17) is 0 Å². The second-order valence-electron chi connectivity index (χ2n) is 4.13. The van der Waals surface area contributed by atoms with Gasteiger partial charge in [0.2, 0.25) is 0 Å². The van der Waals surface area contributed by atoms with E-state index in [1.54, 1.807) is 0 Å². The number of carbonyl (C=O) groups is 1. The van der Waals surface area contributed by atoms with Crippen LogP contribution in [-0.2, 0) is 13.5 Å². The van der Waals surface area contributed by atoms with E-state index in [0.717, 1.165) is 17.8 Å².